The average Bonchev–Trinajstić information content (AvgIpc) is 2.88. The Balaban J connectivity index is 1.75. The SMILES string of the molecule is CC(=O)c1ccccc1C(=O)N1CCCN(c2ncccn2)CC1. The number of hydrogen-bond acceptors (Lipinski definition) is 5. The molecule has 0 saturated carbocycles. The monoisotopic (exact) mass is 324 g/mol. The highest BCUT2D eigenvalue weighted by molar-refractivity contribution is 6.07. The fourth-order valence-corrected chi connectivity index (χ4v) is 2.92. The Labute approximate surface area is 141 Å². The van der Waals surface area contributed by atoms with Crippen molar-refractivity contribution in [2.24, 2.45) is 0 Å². The van der Waals surface area contributed by atoms with Gasteiger partial charge in [-0.2, -0.15) is 0 Å². The van der Waals surface area contributed by atoms with Gasteiger partial charge in [0.25, 0.3) is 5.91 Å². The maximum absolute atomic E-state index is 12.8. The summed E-state index contributed by atoms with van der Waals surface area (Å²) in [5.74, 6) is 0.514. The lowest BCUT2D eigenvalue weighted by Gasteiger charge is -2.22. The molecule has 1 amide bonds. The van der Waals surface area contributed by atoms with E-state index in [2.05, 4.69) is 14.9 Å². The van der Waals surface area contributed by atoms with Gasteiger partial charge in [-0.15, -0.1) is 0 Å². The first-order chi connectivity index (χ1) is 11.7. The summed E-state index contributed by atoms with van der Waals surface area (Å²) in [6.07, 6.45) is 4.28. The highest BCUT2D eigenvalue weighted by Gasteiger charge is 2.23. The van der Waals surface area contributed by atoms with E-state index in [1.807, 2.05) is 4.90 Å². The van der Waals surface area contributed by atoms with Gasteiger partial charge in [0.2, 0.25) is 5.95 Å². The van der Waals surface area contributed by atoms with Gasteiger partial charge in [0.05, 0.1) is 5.56 Å². The molecule has 0 bridgehead atoms. The number of amides is 1. The zero-order valence-corrected chi connectivity index (χ0v) is 13.7. The number of rotatable bonds is 3. The van der Waals surface area contributed by atoms with Crippen LogP contribution in [0.15, 0.2) is 42.7 Å². The van der Waals surface area contributed by atoms with Crippen LogP contribution in [0.2, 0.25) is 0 Å². The summed E-state index contributed by atoms with van der Waals surface area (Å²) in [6, 6.07) is 8.79. The van der Waals surface area contributed by atoms with Crippen molar-refractivity contribution in [1.29, 1.82) is 0 Å². The summed E-state index contributed by atoms with van der Waals surface area (Å²) < 4.78 is 0. The fraction of sp³-hybridized carbons (Fsp3) is 0.333. The molecule has 24 heavy (non-hydrogen) atoms. The number of ketones is 1. The molecule has 0 unspecified atom stereocenters. The van der Waals surface area contributed by atoms with Crippen molar-refractivity contribution in [2.45, 2.75) is 13.3 Å². The average molecular weight is 324 g/mol. The zero-order chi connectivity index (χ0) is 16.9. The molecule has 0 radical (unpaired) electrons. The van der Waals surface area contributed by atoms with Crippen LogP contribution in [0.3, 0.4) is 0 Å². The topological polar surface area (TPSA) is 66.4 Å². The zero-order valence-electron chi connectivity index (χ0n) is 13.7. The van der Waals surface area contributed by atoms with E-state index in [9.17, 15) is 9.59 Å². The maximum Gasteiger partial charge on any atom is 0.254 e. The Kier molecular flexibility index (Phi) is 4.84. The van der Waals surface area contributed by atoms with E-state index in [1.165, 1.54) is 6.92 Å². The van der Waals surface area contributed by atoms with Gasteiger partial charge in [0, 0.05) is 44.1 Å². The molecule has 1 aromatic carbocycles. The second-order valence-corrected chi connectivity index (χ2v) is 5.78. The number of Topliss-reactive ketones (excluding diaryl/α,β-unsaturated/α-hetero) is 1. The van der Waals surface area contributed by atoms with Crippen LogP contribution in [0.4, 0.5) is 5.95 Å². The molecule has 6 nitrogen and oxygen atoms in total. The molecule has 0 spiro atoms. The van der Waals surface area contributed by atoms with Crippen LogP contribution in [-0.2, 0) is 0 Å². The number of carbonyl (C=O) groups is 2. The fourth-order valence-electron chi connectivity index (χ4n) is 2.92. The number of carbonyl (C=O) groups excluding carboxylic acids is 2. The van der Waals surface area contributed by atoms with Crippen molar-refractivity contribution < 1.29 is 9.59 Å². The van der Waals surface area contributed by atoms with Crippen molar-refractivity contribution in [1.82, 2.24) is 14.9 Å². The predicted molar refractivity (Wildman–Crippen MR) is 91.2 cm³/mol. The van der Waals surface area contributed by atoms with Gasteiger partial charge in [0.1, 0.15) is 0 Å². The quantitative estimate of drug-likeness (QED) is 0.808. The van der Waals surface area contributed by atoms with Crippen LogP contribution < -0.4 is 4.90 Å². The lowest BCUT2D eigenvalue weighted by atomic mass is 10.0. The third kappa shape index (κ3) is 3.42. The Bertz CT molecular complexity index is 733. The number of aromatic nitrogens is 2. The lowest BCUT2D eigenvalue weighted by molar-refractivity contribution is 0.0762. The summed E-state index contributed by atoms with van der Waals surface area (Å²) in [5, 5.41) is 0. The normalized spacial score (nSPS) is 15.0. The highest BCUT2D eigenvalue weighted by Crippen LogP contribution is 2.16. The largest absolute Gasteiger partial charge is 0.339 e. The van der Waals surface area contributed by atoms with Crippen LogP contribution in [0.5, 0.6) is 0 Å². The van der Waals surface area contributed by atoms with E-state index in [0.29, 0.717) is 36.7 Å². The number of hydrogen-bond donors (Lipinski definition) is 0. The van der Waals surface area contributed by atoms with Crippen molar-refractivity contribution in [2.75, 3.05) is 31.1 Å². The molecule has 1 aliphatic rings. The van der Waals surface area contributed by atoms with E-state index in [1.54, 1.807) is 42.7 Å². The van der Waals surface area contributed by atoms with Gasteiger partial charge in [-0.05, 0) is 25.5 Å². The number of benzene rings is 1. The number of nitrogens with zero attached hydrogens (tertiary/aromatic N) is 4. The van der Waals surface area contributed by atoms with Crippen LogP contribution in [0, 0.1) is 0 Å². The molecule has 0 N–H and O–H groups in total. The summed E-state index contributed by atoms with van der Waals surface area (Å²) in [4.78, 5) is 37.1. The summed E-state index contributed by atoms with van der Waals surface area (Å²) in [5.41, 5.74) is 0.962. The van der Waals surface area contributed by atoms with Crippen molar-refractivity contribution in [3.63, 3.8) is 0 Å². The first-order valence-corrected chi connectivity index (χ1v) is 8.08. The molecule has 1 fully saturated rings. The first kappa shape index (κ1) is 16.1. The van der Waals surface area contributed by atoms with Gasteiger partial charge in [-0.25, -0.2) is 9.97 Å². The van der Waals surface area contributed by atoms with E-state index in [4.69, 9.17) is 0 Å². The molecule has 2 aromatic rings. The number of anilines is 1. The Morgan fingerprint density at radius 3 is 2.33 bits per heavy atom. The van der Waals surface area contributed by atoms with Crippen molar-refractivity contribution in [3.8, 4) is 0 Å². The molecule has 6 heteroatoms. The third-order valence-corrected chi connectivity index (χ3v) is 4.15. The van der Waals surface area contributed by atoms with Crippen molar-refractivity contribution >= 4 is 17.6 Å². The van der Waals surface area contributed by atoms with E-state index < -0.39 is 0 Å². The molecule has 1 saturated heterocycles. The van der Waals surface area contributed by atoms with Crippen molar-refractivity contribution in [3.05, 3.63) is 53.9 Å². The Morgan fingerprint density at radius 2 is 1.62 bits per heavy atom. The maximum atomic E-state index is 12.8. The second-order valence-electron chi connectivity index (χ2n) is 5.78. The Morgan fingerprint density at radius 1 is 0.917 bits per heavy atom. The smallest absolute Gasteiger partial charge is 0.254 e. The first-order valence-electron chi connectivity index (χ1n) is 8.08. The molecule has 1 aromatic heterocycles. The van der Waals surface area contributed by atoms with Gasteiger partial charge in [-0.3, -0.25) is 9.59 Å². The molecule has 2 heterocycles. The third-order valence-electron chi connectivity index (χ3n) is 4.15. The highest BCUT2D eigenvalue weighted by atomic mass is 16.2. The standard InChI is InChI=1S/C18H20N4O2/c1-14(23)15-6-2-3-7-16(15)17(24)21-10-5-11-22(13-12-21)18-19-8-4-9-20-18/h2-4,6-9H,5,10-13H2,1H3. The second kappa shape index (κ2) is 7.21. The predicted octanol–water partition coefficient (Wildman–Crippen LogP) is 2.03. The molecular weight excluding hydrogens is 304 g/mol. The molecule has 0 aliphatic carbocycles. The van der Waals surface area contributed by atoms with E-state index in [-0.39, 0.29) is 11.7 Å². The van der Waals surface area contributed by atoms with Crippen LogP contribution in [0.1, 0.15) is 34.1 Å². The summed E-state index contributed by atoms with van der Waals surface area (Å²) in [7, 11) is 0. The minimum Gasteiger partial charge on any atom is -0.339 e. The van der Waals surface area contributed by atoms with Gasteiger partial charge in [0.15, 0.2) is 5.78 Å². The van der Waals surface area contributed by atoms with Gasteiger partial charge < -0.3 is 9.80 Å². The van der Waals surface area contributed by atoms with Crippen LogP contribution >= 0.6 is 0 Å². The minimum absolute atomic E-state index is 0.0865. The van der Waals surface area contributed by atoms with Crippen LogP contribution in [-0.4, -0.2) is 52.7 Å². The molecule has 124 valence electrons. The minimum atomic E-state index is -0.0897. The van der Waals surface area contributed by atoms with Crippen LogP contribution in [0.25, 0.3) is 0 Å². The Hall–Kier alpha value is -2.76. The lowest BCUT2D eigenvalue weighted by Crippen LogP contribution is -2.36. The van der Waals surface area contributed by atoms with E-state index in [0.717, 1.165) is 13.0 Å². The van der Waals surface area contributed by atoms with Gasteiger partial charge in [-0.1, -0.05) is 18.2 Å². The molecule has 1 aliphatic heterocycles. The van der Waals surface area contributed by atoms with Gasteiger partial charge >= 0.3 is 0 Å². The summed E-state index contributed by atoms with van der Waals surface area (Å²) in [6.45, 7) is 4.22. The molecule has 3 rings (SSSR count). The molecule has 0 atom stereocenters. The van der Waals surface area contributed by atoms with E-state index >= 15 is 0 Å². The summed E-state index contributed by atoms with van der Waals surface area (Å²) >= 11 is 0. The molecular formula is C18H20N4O2.